The summed E-state index contributed by atoms with van der Waals surface area (Å²) in [5.41, 5.74) is 1.94. The summed E-state index contributed by atoms with van der Waals surface area (Å²) < 4.78 is 0. The first kappa shape index (κ1) is 21.8. The Balaban J connectivity index is 1.42. The molecule has 2 atom stereocenters. The summed E-state index contributed by atoms with van der Waals surface area (Å²) in [5, 5.41) is 21.1. The normalized spacial score (nSPS) is 22.4. The molecule has 158 valence electrons. The molecule has 0 amide bonds. The second kappa shape index (κ2) is 11.9. The summed E-state index contributed by atoms with van der Waals surface area (Å²) in [5.74, 6) is 0. The predicted octanol–water partition coefficient (Wildman–Crippen LogP) is 4.29. The summed E-state index contributed by atoms with van der Waals surface area (Å²) in [4.78, 5) is 4.99. The Kier molecular flexibility index (Phi) is 9.26. The van der Waals surface area contributed by atoms with Crippen molar-refractivity contribution >= 4 is 0 Å². The summed E-state index contributed by atoms with van der Waals surface area (Å²) in [6, 6.07) is 7.99. The second-order valence-electron chi connectivity index (χ2n) is 8.79. The fourth-order valence-electron chi connectivity index (χ4n) is 4.60. The molecule has 1 aromatic rings. The standard InChI is InChI=1S/C24H40N2O2/c27-23(13-19-25-15-5-1-2-6-16-25)21-9-11-22(12-10-21)24(28)14-20-26-17-7-3-4-8-18-26/h9-12,23-24,27-28H,1-8,13-20H2/t23-,24+. The second-order valence-corrected chi connectivity index (χ2v) is 8.79. The summed E-state index contributed by atoms with van der Waals surface area (Å²) in [6.07, 6.45) is 11.3. The number of hydrogen-bond donors (Lipinski definition) is 2. The van der Waals surface area contributed by atoms with Crippen molar-refractivity contribution in [2.75, 3.05) is 39.3 Å². The molecule has 28 heavy (non-hydrogen) atoms. The Hall–Kier alpha value is -0.940. The van der Waals surface area contributed by atoms with E-state index in [0.29, 0.717) is 0 Å². The third kappa shape index (κ3) is 7.14. The van der Waals surface area contributed by atoms with E-state index < -0.39 is 12.2 Å². The number of hydrogen-bond acceptors (Lipinski definition) is 4. The molecule has 0 aromatic heterocycles. The van der Waals surface area contributed by atoms with Crippen molar-refractivity contribution < 1.29 is 10.2 Å². The number of aliphatic hydroxyl groups excluding tert-OH is 2. The molecule has 0 aliphatic carbocycles. The molecule has 0 radical (unpaired) electrons. The predicted molar refractivity (Wildman–Crippen MR) is 115 cm³/mol. The largest absolute Gasteiger partial charge is 0.388 e. The Labute approximate surface area is 171 Å². The van der Waals surface area contributed by atoms with Gasteiger partial charge in [0.2, 0.25) is 0 Å². The molecule has 2 N–H and O–H groups in total. The average Bonchev–Trinajstić information content (AvgIpc) is 3.15. The van der Waals surface area contributed by atoms with E-state index in [0.717, 1.165) is 37.1 Å². The average molecular weight is 389 g/mol. The maximum Gasteiger partial charge on any atom is 0.0802 e. The first-order valence-corrected chi connectivity index (χ1v) is 11.6. The third-order valence-electron chi connectivity index (χ3n) is 6.54. The van der Waals surface area contributed by atoms with Crippen LogP contribution in [0.15, 0.2) is 24.3 Å². The number of rotatable bonds is 8. The van der Waals surface area contributed by atoms with Gasteiger partial charge in [0.1, 0.15) is 0 Å². The zero-order valence-corrected chi connectivity index (χ0v) is 17.6. The van der Waals surface area contributed by atoms with Crippen LogP contribution in [0.4, 0.5) is 0 Å². The Morgan fingerprint density at radius 3 is 1.21 bits per heavy atom. The van der Waals surface area contributed by atoms with Gasteiger partial charge in [0.25, 0.3) is 0 Å². The van der Waals surface area contributed by atoms with Gasteiger partial charge in [-0.2, -0.15) is 0 Å². The lowest BCUT2D eigenvalue weighted by Crippen LogP contribution is -2.27. The highest BCUT2D eigenvalue weighted by molar-refractivity contribution is 5.25. The van der Waals surface area contributed by atoms with E-state index in [9.17, 15) is 10.2 Å². The minimum absolute atomic E-state index is 0.411. The molecule has 1 aromatic carbocycles. The molecule has 2 aliphatic rings. The van der Waals surface area contributed by atoms with Gasteiger partial charge >= 0.3 is 0 Å². The van der Waals surface area contributed by atoms with Gasteiger partial charge in [-0.05, 0) is 75.8 Å². The smallest absolute Gasteiger partial charge is 0.0802 e. The van der Waals surface area contributed by atoms with Crippen molar-refractivity contribution in [2.24, 2.45) is 0 Å². The SMILES string of the molecule is O[C@H](CCN1CCCCCC1)c1ccc([C@@H](O)CCN2CCCCCC2)cc1. The van der Waals surface area contributed by atoms with Crippen LogP contribution in [0.5, 0.6) is 0 Å². The van der Waals surface area contributed by atoms with E-state index in [1.807, 2.05) is 24.3 Å². The maximum absolute atomic E-state index is 10.6. The minimum atomic E-state index is -0.411. The fourth-order valence-corrected chi connectivity index (χ4v) is 4.60. The lowest BCUT2D eigenvalue weighted by atomic mass is 10.0. The van der Waals surface area contributed by atoms with Crippen LogP contribution in [0.25, 0.3) is 0 Å². The van der Waals surface area contributed by atoms with Crippen LogP contribution in [0.1, 0.15) is 87.5 Å². The van der Waals surface area contributed by atoms with Crippen LogP contribution in [0.2, 0.25) is 0 Å². The molecule has 2 fully saturated rings. The summed E-state index contributed by atoms with van der Waals surface area (Å²) in [7, 11) is 0. The quantitative estimate of drug-likeness (QED) is 0.698. The highest BCUT2D eigenvalue weighted by atomic mass is 16.3. The van der Waals surface area contributed by atoms with E-state index in [-0.39, 0.29) is 0 Å². The van der Waals surface area contributed by atoms with Crippen LogP contribution < -0.4 is 0 Å². The molecular formula is C24H40N2O2. The molecule has 2 saturated heterocycles. The van der Waals surface area contributed by atoms with E-state index >= 15 is 0 Å². The van der Waals surface area contributed by atoms with Crippen LogP contribution in [0, 0.1) is 0 Å². The Morgan fingerprint density at radius 1 is 0.571 bits per heavy atom. The molecule has 0 spiro atoms. The number of likely N-dealkylation sites (tertiary alicyclic amines) is 2. The highest BCUT2D eigenvalue weighted by Crippen LogP contribution is 2.23. The number of benzene rings is 1. The van der Waals surface area contributed by atoms with Crippen molar-refractivity contribution in [3.05, 3.63) is 35.4 Å². The molecule has 0 saturated carbocycles. The van der Waals surface area contributed by atoms with Gasteiger partial charge in [-0.3, -0.25) is 0 Å². The highest BCUT2D eigenvalue weighted by Gasteiger charge is 2.15. The molecule has 0 bridgehead atoms. The number of aliphatic hydroxyl groups is 2. The zero-order valence-electron chi connectivity index (χ0n) is 17.6. The lowest BCUT2D eigenvalue weighted by Gasteiger charge is -2.22. The topological polar surface area (TPSA) is 46.9 Å². The van der Waals surface area contributed by atoms with Crippen molar-refractivity contribution in [3.63, 3.8) is 0 Å². The van der Waals surface area contributed by atoms with Crippen molar-refractivity contribution in [1.29, 1.82) is 0 Å². The fraction of sp³-hybridized carbons (Fsp3) is 0.750. The molecule has 0 unspecified atom stereocenters. The van der Waals surface area contributed by atoms with Gasteiger partial charge in [0, 0.05) is 13.1 Å². The van der Waals surface area contributed by atoms with Gasteiger partial charge in [0.15, 0.2) is 0 Å². The Bertz CT molecular complexity index is 483. The number of nitrogens with zero attached hydrogens (tertiary/aromatic N) is 2. The first-order valence-electron chi connectivity index (χ1n) is 11.6. The molecule has 2 heterocycles. The zero-order chi connectivity index (χ0) is 19.6. The van der Waals surface area contributed by atoms with Gasteiger partial charge in [-0.1, -0.05) is 49.9 Å². The van der Waals surface area contributed by atoms with Gasteiger partial charge in [-0.25, -0.2) is 0 Å². The summed E-state index contributed by atoms with van der Waals surface area (Å²) in [6.45, 7) is 6.65. The molecule has 4 nitrogen and oxygen atoms in total. The van der Waals surface area contributed by atoms with Crippen LogP contribution in [-0.2, 0) is 0 Å². The van der Waals surface area contributed by atoms with Gasteiger partial charge < -0.3 is 20.0 Å². The Morgan fingerprint density at radius 2 is 0.893 bits per heavy atom. The minimum Gasteiger partial charge on any atom is -0.388 e. The third-order valence-corrected chi connectivity index (χ3v) is 6.54. The van der Waals surface area contributed by atoms with Crippen LogP contribution in [0.3, 0.4) is 0 Å². The molecular weight excluding hydrogens is 348 g/mol. The van der Waals surface area contributed by atoms with Crippen LogP contribution in [-0.4, -0.2) is 59.3 Å². The lowest BCUT2D eigenvalue weighted by molar-refractivity contribution is 0.140. The summed E-state index contributed by atoms with van der Waals surface area (Å²) >= 11 is 0. The maximum atomic E-state index is 10.6. The molecule has 2 aliphatic heterocycles. The monoisotopic (exact) mass is 388 g/mol. The molecule has 3 rings (SSSR count). The van der Waals surface area contributed by atoms with Gasteiger partial charge in [-0.15, -0.1) is 0 Å². The van der Waals surface area contributed by atoms with E-state index in [1.54, 1.807) is 0 Å². The van der Waals surface area contributed by atoms with Crippen molar-refractivity contribution in [1.82, 2.24) is 9.80 Å². The molecule has 4 heteroatoms. The van der Waals surface area contributed by atoms with Crippen molar-refractivity contribution in [2.45, 2.75) is 76.4 Å². The van der Waals surface area contributed by atoms with Crippen LogP contribution >= 0.6 is 0 Å². The van der Waals surface area contributed by atoms with Gasteiger partial charge in [0.05, 0.1) is 12.2 Å². The van der Waals surface area contributed by atoms with E-state index in [1.165, 1.54) is 77.5 Å². The van der Waals surface area contributed by atoms with Crippen molar-refractivity contribution in [3.8, 4) is 0 Å². The van der Waals surface area contributed by atoms with E-state index in [4.69, 9.17) is 0 Å². The van der Waals surface area contributed by atoms with E-state index in [2.05, 4.69) is 9.80 Å². The first-order chi connectivity index (χ1) is 13.7.